The van der Waals surface area contributed by atoms with Crippen LogP contribution < -0.4 is 10.1 Å². The Labute approximate surface area is 141 Å². The van der Waals surface area contributed by atoms with Gasteiger partial charge in [0.05, 0.1) is 30.5 Å². The third-order valence-corrected chi connectivity index (χ3v) is 3.56. The number of ether oxygens (including phenoxy) is 1. The monoisotopic (exact) mass is 349 g/mol. The molecule has 1 N–H and O–H groups in total. The van der Waals surface area contributed by atoms with Gasteiger partial charge in [0, 0.05) is 12.4 Å². The number of halogens is 3. The van der Waals surface area contributed by atoms with Crippen LogP contribution in [0.1, 0.15) is 11.3 Å². The highest BCUT2D eigenvalue weighted by Gasteiger charge is 2.34. The third kappa shape index (κ3) is 3.73. The molecule has 0 aliphatic rings. The Morgan fingerprint density at radius 2 is 2.08 bits per heavy atom. The maximum atomic E-state index is 13.2. The molecule has 0 bridgehead atoms. The number of carbonyl (C=O) groups excluding carboxylic acids is 1. The molecule has 0 unspecified atom stereocenters. The summed E-state index contributed by atoms with van der Waals surface area (Å²) in [5, 5.41) is 2.30. The van der Waals surface area contributed by atoms with E-state index in [1.807, 2.05) is 6.07 Å². The second-order valence-electron chi connectivity index (χ2n) is 5.33. The van der Waals surface area contributed by atoms with Gasteiger partial charge in [0.15, 0.2) is 0 Å². The maximum absolute atomic E-state index is 13.2. The third-order valence-electron chi connectivity index (χ3n) is 3.56. The average Bonchev–Trinajstić information content (AvgIpc) is 2.96. The lowest BCUT2D eigenvalue weighted by atomic mass is 10.1. The van der Waals surface area contributed by atoms with Crippen LogP contribution in [0.15, 0.2) is 48.8 Å². The van der Waals surface area contributed by atoms with E-state index >= 15 is 0 Å². The lowest BCUT2D eigenvalue weighted by molar-refractivity contribution is -0.137. The zero-order chi connectivity index (χ0) is 18.0. The van der Waals surface area contributed by atoms with Gasteiger partial charge in [-0.15, -0.1) is 0 Å². The molecule has 0 aliphatic heterocycles. The summed E-state index contributed by atoms with van der Waals surface area (Å²) in [6, 6.07) is 8.76. The Balaban J connectivity index is 1.80. The molecular formula is C17H14F3N3O2. The first-order valence-electron chi connectivity index (χ1n) is 7.34. The topological polar surface area (TPSA) is 55.6 Å². The summed E-state index contributed by atoms with van der Waals surface area (Å²) in [6.07, 6.45) is -1.31. The molecular weight excluding hydrogens is 335 g/mol. The molecule has 1 aromatic carbocycles. The van der Waals surface area contributed by atoms with Crippen LogP contribution in [0.2, 0.25) is 0 Å². The van der Waals surface area contributed by atoms with Crippen LogP contribution in [0, 0.1) is 0 Å². The van der Waals surface area contributed by atoms with E-state index in [-0.39, 0.29) is 17.9 Å². The van der Waals surface area contributed by atoms with E-state index in [9.17, 15) is 18.0 Å². The number of imidazole rings is 1. The number of hydrogen-bond acceptors (Lipinski definition) is 3. The predicted octanol–water partition coefficient (Wildman–Crippen LogP) is 3.54. The highest BCUT2D eigenvalue weighted by molar-refractivity contribution is 5.93. The van der Waals surface area contributed by atoms with Gasteiger partial charge >= 0.3 is 6.18 Å². The summed E-state index contributed by atoms with van der Waals surface area (Å²) in [5.74, 6) is -0.523. The van der Waals surface area contributed by atoms with Crippen molar-refractivity contribution in [3.05, 3.63) is 60.0 Å². The molecule has 1 amide bonds. The molecule has 0 radical (unpaired) electrons. The standard InChI is InChI=1S/C17H14F3N3O2/c1-25-12-5-6-14(13(9-12)17(18,19)20)22-16(24)8-11-10-23-7-3-2-4-15(23)21-11/h2-7,9-10H,8H2,1H3,(H,22,24). The van der Waals surface area contributed by atoms with Crippen molar-refractivity contribution in [1.29, 1.82) is 0 Å². The first-order valence-corrected chi connectivity index (χ1v) is 7.34. The second-order valence-corrected chi connectivity index (χ2v) is 5.33. The minimum atomic E-state index is -4.61. The number of rotatable bonds is 4. The number of fused-ring (bicyclic) bond motifs is 1. The normalized spacial score (nSPS) is 11.5. The molecule has 2 heterocycles. The Bertz CT molecular complexity index is 886. The number of benzene rings is 1. The number of pyridine rings is 1. The van der Waals surface area contributed by atoms with Crippen molar-refractivity contribution in [2.45, 2.75) is 12.6 Å². The number of nitrogens with one attached hydrogen (secondary N) is 1. The lowest BCUT2D eigenvalue weighted by Crippen LogP contribution is -2.18. The highest BCUT2D eigenvalue weighted by Crippen LogP contribution is 2.37. The molecule has 3 rings (SSSR count). The SMILES string of the molecule is COc1ccc(NC(=O)Cc2cn3ccccc3n2)c(C(F)(F)F)c1. The van der Waals surface area contributed by atoms with Crippen LogP contribution in [0.3, 0.4) is 0 Å². The first-order chi connectivity index (χ1) is 11.9. The number of alkyl halides is 3. The minimum absolute atomic E-state index is 0.0608. The fourth-order valence-electron chi connectivity index (χ4n) is 2.43. The van der Waals surface area contributed by atoms with Crippen molar-refractivity contribution in [3.63, 3.8) is 0 Å². The van der Waals surface area contributed by atoms with Gasteiger partial charge in [0.25, 0.3) is 0 Å². The lowest BCUT2D eigenvalue weighted by Gasteiger charge is -2.14. The van der Waals surface area contributed by atoms with Gasteiger partial charge in [0.1, 0.15) is 11.4 Å². The molecule has 0 saturated heterocycles. The van der Waals surface area contributed by atoms with Crippen LogP contribution in [-0.4, -0.2) is 22.4 Å². The van der Waals surface area contributed by atoms with Crippen molar-refractivity contribution in [1.82, 2.24) is 9.38 Å². The number of methoxy groups -OCH3 is 1. The summed E-state index contributed by atoms with van der Waals surface area (Å²) in [7, 11) is 1.27. The van der Waals surface area contributed by atoms with Crippen molar-refractivity contribution in [3.8, 4) is 5.75 Å². The predicted molar refractivity (Wildman–Crippen MR) is 85.5 cm³/mol. The highest BCUT2D eigenvalue weighted by atomic mass is 19.4. The quantitative estimate of drug-likeness (QED) is 0.784. The summed E-state index contributed by atoms with van der Waals surface area (Å²) in [5.41, 5.74) is -0.159. The molecule has 0 atom stereocenters. The maximum Gasteiger partial charge on any atom is 0.418 e. The summed E-state index contributed by atoms with van der Waals surface area (Å²) in [4.78, 5) is 16.4. The summed E-state index contributed by atoms with van der Waals surface area (Å²) < 4.78 is 46.0. The van der Waals surface area contributed by atoms with Crippen LogP contribution in [0.4, 0.5) is 18.9 Å². The number of carbonyl (C=O) groups is 1. The molecule has 5 nitrogen and oxygen atoms in total. The van der Waals surface area contributed by atoms with E-state index in [2.05, 4.69) is 10.3 Å². The largest absolute Gasteiger partial charge is 0.497 e. The van der Waals surface area contributed by atoms with Crippen LogP contribution >= 0.6 is 0 Å². The Morgan fingerprint density at radius 1 is 1.28 bits per heavy atom. The Kier molecular flexibility index (Phi) is 4.35. The molecule has 8 heteroatoms. The molecule has 0 spiro atoms. The molecule has 130 valence electrons. The van der Waals surface area contributed by atoms with Crippen molar-refractivity contribution >= 4 is 17.2 Å². The molecule has 3 aromatic rings. The fraction of sp³-hybridized carbons (Fsp3) is 0.176. The summed E-state index contributed by atoms with van der Waals surface area (Å²) >= 11 is 0. The van der Waals surface area contributed by atoms with Gasteiger partial charge < -0.3 is 14.5 Å². The van der Waals surface area contributed by atoms with Crippen LogP contribution in [0.25, 0.3) is 5.65 Å². The number of nitrogens with zero attached hydrogens (tertiary/aromatic N) is 2. The van der Waals surface area contributed by atoms with E-state index in [0.717, 1.165) is 6.07 Å². The minimum Gasteiger partial charge on any atom is -0.497 e. The van der Waals surface area contributed by atoms with Gasteiger partial charge in [-0.1, -0.05) is 6.07 Å². The van der Waals surface area contributed by atoms with Crippen molar-refractivity contribution in [2.24, 2.45) is 0 Å². The summed E-state index contributed by atoms with van der Waals surface area (Å²) in [6.45, 7) is 0. The Morgan fingerprint density at radius 3 is 2.76 bits per heavy atom. The van der Waals surface area contributed by atoms with Gasteiger partial charge in [-0.3, -0.25) is 4.79 Å². The first kappa shape index (κ1) is 16.8. The van der Waals surface area contributed by atoms with Gasteiger partial charge in [-0.05, 0) is 30.3 Å². The van der Waals surface area contributed by atoms with E-state index in [1.165, 1.54) is 19.2 Å². The number of amides is 1. The number of hydrogen-bond donors (Lipinski definition) is 1. The molecule has 25 heavy (non-hydrogen) atoms. The van der Waals surface area contributed by atoms with Crippen LogP contribution in [0.5, 0.6) is 5.75 Å². The zero-order valence-corrected chi connectivity index (χ0v) is 13.2. The van der Waals surface area contributed by atoms with E-state index < -0.39 is 17.6 Å². The second kappa shape index (κ2) is 6.46. The number of aromatic nitrogens is 2. The van der Waals surface area contributed by atoms with E-state index in [0.29, 0.717) is 11.3 Å². The smallest absolute Gasteiger partial charge is 0.418 e. The molecule has 0 fully saturated rings. The van der Waals surface area contributed by atoms with Gasteiger partial charge in [-0.25, -0.2) is 4.98 Å². The average molecular weight is 349 g/mol. The van der Waals surface area contributed by atoms with E-state index in [4.69, 9.17) is 4.74 Å². The number of anilines is 1. The van der Waals surface area contributed by atoms with E-state index in [1.54, 1.807) is 28.9 Å². The van der Waals surface area contributed by atoms with Crippen LogP contribution in [-0.2, 0) is 17.4 Å². The Hall–Kier alpha value is -3.03. The van der Waals surface area contributed by atoms with Crippen molar-refractivity contribution in [2.75, 3.05) is 12.4 Å². The fourth-order valence-corrected chi connectivity index (χ4v) is 2.43. The van der Waals surface area contributed by atoms with Gasteiger partial charge in [0.2, 0.25) is 5.91 Å². The molecule has 2 aromatic heterocycles. The zero-order valence-electron chi connectivity index (χ0n) is 13.2. The molecule has 0 aliphatic carbocycles. The van der Waals surface area contributed by atoms with Crippen molar-refractivity contribution < 1.29 is 22.7 Å². The molecule has 0 saturated carbocycles. The van der Waals surface area contributed by atoms with Gasteiger partial charge in [-0.2, -0.15) is 13.2 Å².